The Morgan fingerprint density at radius 2 is 2.21 bits per heavy atom. The van der Waals surface area contributed by atoms with Crippen LogP contribution in [0.15, 0.2) is 6.20 Å². The third kappa shape index (κ3) is 4.58. The van der Waals surface area contributed by atoms with E-state index in [0.717, 1.165) is 4.68 Å². The van der Waals surface area contributed by atoms with Crippen LogP contribution in [0.3, 0.4) is 0 Å². The first-order valence-electron chi connectivity index (χ1n) is 5.56. The second kappa shape index (κ2) is 6.08. The SMILES string of the molecule is CC(C)N(C)S(=O)(=O)NCc1cn(CC(=O)O)nn1. The van der Waals surface area contributed by atoms with Crippen LogP contribution in [0, 0.1) is 0 Å². The molecule has 19 heavy (non-hydrogen) atoms. The summed E-state index contributed by atoms with van der Waals surface area (Å²) in [6, 6.07) is -0.166. The third-order valence-electron chi connectivity index (χ3n) is 2.43. The highest BCUT2D eigenvalue weighted by Gasteiger charge is 2.20. The maximum absolute atomic E-state index is 11.8. The van der Waals surface area contributed by atoms with E-state index in [-0.39, 0.29) is 19.1 Å². The molecule has 0 saturated carbocycles. The predicted octanol–water partition coefficient (Wildman–Crippen LogP) is -0.963. The molecule has 0 amide bonds. The molecule has 0 fully saturated rings. The summed E-state index contributed by atoms with van der Waals surface area (Å²) in [4.78, 5) is 10.5. The van der Waals surface area contributed by atoms with Crippen molar-refractivity contribution in [3.8, 4) is 0 Å². The van der Waals surface area contributed by atoms with E-state index in [1.165, 1.54) is 17.5 Å². The lowest BCUT2D eigenvalue weighted by molar-refractivity contribution is -0.137. The second-order valence-corrected chi connectivity index (χ2v) is 6.05. The number of carboxylic acid groups (broad SMARTS) is 1. The number of carbonyl (C=O) groups is 1. The third-order valence-corrected chi connectivity index (χ3v) is 4.11. The van der Waals surface area contributed by atoms with E-state index in [0.29, 0.717) is 5.69 Å². The summed E-state index contributed by atoms with van der Waals surface area (Å²) >= 11 is 0. The Kier molecular flexibility index (Phi) is 4.97. The van der Waals surface area contributed by atoms with Crippen LogP contribution in [-0.4, -0.2) is 51.9 Å². The van der Waals surface area contributed by atoms with E-state index < -0.39 is 16.2 Å². The fraction of sp³-hybridized carbons (Fsp3) is 0.667. The molecule has 1 aromatic rings. The number of hydrogen-bond donors (Lipinski definition) is 2. The van der Waals surface area contributed by atoms with Gasteiger partial charge in [-0.15, -0.1) is 5.10 Å². The first kappa shape index (κ1) is 15.5. The van der Waals surface area contributed by atoms with Gasteiger partial charge >= 0.3 is 5.97 Å². The highest BCUT2D eigenvalue weighted by molar-refractivity contribution is 7.87. The van der Waals surface area contributed by atoms with Gasteiger partial charge in [-0.25, -0.2) is 4.68 Å². The fourth-order valence-corrected chi connectivity index (χ4v) is 2.27. The van der Waals surface area contributed by atoms with Gasteiger partial charge in [-0.05, 0) is 13.8 Å². The smallest absolute Gasteiger partial charge is 0.325 e. The van der Waals surface area contributed by atoms with Crippen LogP contribution in [0.2, 0.25) is 0 Å². The van der Waals surface area contributed by atoms with Crippen LogP contribution in [0.25, 0.3) is 0 Å². The van der Waals surface area contributed by atoms with Crippen LogP contribution < -0.4 is 4.72 Å². The Balaban J connectivity index is 2.62. The molecule has 0 atom stereocenters. The van der Waals surface area contributed by atoms with Crippen LogP contribution in [0.5, 0.6) is 0 Å². The Morgan fingerprint density at radius 1 is 1.58 bits per heavy atom. The standard InChI is InChI=1S/C9H17N5O4S/c1-7(2)13(3)19(17,18)10-4-8-5-14(12-11-8)6-9(15)16/h5,7,10H,4,6H2,1-3H3,(H,15,16). The van der Waals surface area contributed by atoms with E-state index >= 15 is 0 Å². The second-order valence-electron chi connectivity index (χ2n) is 4.24. The van der Waals surface area contributed by atoms with Gasteiger partial charge in [0.1, 0.15) is 6.54 Å². The molecule has 0 aliphatic rings. The quantitative estimate of drug-likeness (QED) is 0.668. The van der Waals surface area contributed by atoms with Crippen molar-refractivity contribution in [3.63, 3.8) is 0 Å². The molecule has 10 heteroatoms. The summed E-state index contributed by atoms with van der Waals surface area (Å²) in [5, 5.41) is 15.8. The van der Waals surface area contributed by atoms with Gasteiger partial charge in [0.25, 0.3) is 10.2 Å². The van der Waals surface area contributed by atoms with E-state index in [1.807, 2.05) is 0 Å². The highest BCUT2D eigenvalue weighted by Crippen LogP contribution is 2.02. The molecule has 9 nitrogen and oxygen atoms in total. The van der Waals surface area contributed by atoms with Crippen molar-refractivity contribution in [1.82, 2.24) is 24.0 Å². The van der Waals surface area contributed by atoms with Gasteiger partial charge in [0.15, 0.2) is 0 Å². The Labute approximate surface area is 111 Å². The molecule has 0 spiro atoms. The molecule has 0 bridgehead atoms. The maximum Gasteiger partial charge on any atom is 0.325 e. The summed E-state index contributed by atoms with van der Waals surface area (Å²) in [6.07, 6.45) is 1.38. The number of hydrogen-bond acceptors (Lipinski definition) is 5. The zero-order valence-electron chi connectivity index (χ0n) is 10.9. The minimum atomic E-state index is -3.58. The fourth-order valence-electron chi connectivity index (χ4n) is 1.18. The summed E-state index contributed by atoms with van der Waals surface area (Å²) < 4.78 is 28.3. The molecule has 0 aliphatic carbocycles. The van der Waals surface area contributed by atoms with Gasteiger partial charge in [0, 0.05) is 13.1 Å². The van der Waals surface area contributed by atoms with E-state index in [2.05, 4.69) is 15.0 Å². The molecule has 1 aromatic heterocycles. The van der Waals surface area contributed by atoms with Gasteiger partial charge in [-0.2, -0.15) is 17.4 Å². The number of carboxylic acids is 1. The zero-order valence-corrected chi connectivity index (χ0v) is 11.8. The van der Waals surface area contributed by atoms with Gasteiger partial charge in [0.05, 0.1) is 18.4 Å². The first-order valence-corrected chi connectivity index (χ1v) is 7.00. The van der Waals surface area contributed by atoms with Crippen molar-refractivity contribution in [2.24, 2.45) is 0 Å². The molecule has 2 N–H and O–H groups in total. The summed E-state index contributed by atoms with van der Waals surface area (Å²) in [5.41, 5.74) is 0.349. The average molecular weight is 291 g/mol. The lowest BCUT2D eigenvalue weighted by Crippen LogP contribution is -2.41. The maximum atomic E-state index is 11.8. The van der Waals surface area contributed by atoms with Crippen LogP contribution in [0.1, 0.15) is 19.5 Å². The highest BCUT2D eigenvalue weighted by atomic mass is 32.2. The largest absolute Gasteiger partial charge is 0.480 e. The molecule has 1 heterocycles. The number of rotatable bonds is 7. The van der Waals surface area contributed by atoms with Gasteiger partial charge in [0.2, 0.25) is 0 Å². The molecule has 0 aliphatic heterocycles. The van der Waals surface area contributed by atoms with Crippen molar-refractivity contribution in [2.75, 3.05) is 7.05 Å². The topological polar surface area (TPSA) is 117 Å². The van der Waals surface area contributed by atoms with Gasteiger partial charge in [-0.3, -0.25) is 4.79 Å². The molecule has 108 valence electrons. The monoisotopic (exact) mass is 291 g/mol. The molecular weight excluding hydrogens is 274 g/mol. The van der Waals surface area contributed by atoms with E-state index in [1.54, 1.807) is 13.8 Å². The van der Waals surface area contributed by atoms with Crippen LogP contribution in [0.4, 0.5) is 0 Å². The first-order chi connectivity index (χ1) is 8.72. The summed E-state index contributed by atoms with van der Waals surface area (Å²) in [7, 11) is -2.12. The Morgan fingerprint density at radius 3 is 2.74 bits per heavy atom. The van der Waals surface area contributed by atoms with Crippen molar-refractivity contribution < 1.29 is 18.3 Å². The van der Waals surface area contributed by atoms with Gasteiger partial charge in [-0.1, -0.05) is 5.21 Å². The molecule has 0 aromatic carbocycles. The molecule has 1 rings (SSSR count). The van der Waals surface area contributed by atoms with Crippen LogP contribution in [-0.2, 0) is 28.1 Å². The number of nitrogens with one attached hydrogen (secondary N) is 1. The Bertz CT molecular complexity index is 539. The van der Waals surface area contributed by atoms with E-state index in [4.69, 9.17) is 5.11 Å². The average Bonchev–Trinajstić information content (AvgIpc) is 2.72. The minimum absolute atomic E-state index is 0.0426. The molecule has 0 radical (unpaired) electrons. The number of aliphatic carboxylic acids is 1. The van der Waals surface area contributed by atoms with Crippen molar-refractivity contribution in [2.45, 2.75) is 33.0 Å². The minimum Gasteiger partial charge on any atom is -0.480 e. The lowest BCUT2D eigenvalue weighted by atomic mass is 10.4. The molecule has 0 saturated heterocycles. The van der Waals surface area contributed by atoms with Crippen LogP contribution >= 0.6 is 0 Å². The Hall–Kier alpha value is -1.52. The van der Waals surface area contributed by atoms with Crippen molar-refractivity contribution in [3.05, 3.63) is 11.9 Å². The number of aromatic nitrogens is 3. The summed E-state index contributed by atoms with van der Waals surface area (Å²) in [6.45, 7) is 3.15. The van der Waals surface area contributed by atoms with Crippen molar-refractivity contribution >= 4 is 16.2 Å². The summed E-state index contributed by atoms with van der Waals surface area (Å²) in [5.74, 6) is -1.04. The zero-order chi connectivity index (χ0) is 14.6. The van der Waals surface area contributed by atoms with Gasteiger partial charge < -0.3 is 5.11 Å². The lowest BCUT2D eigenvalue weighted by Gasteiger charge is -2.20. The number of nitrogens with zero attached hydrogens (tertiary/aromatic N) is 4. The molecular formula is C9H17N5O4S. The molecule has 0 unspecified atom stereocenters. The normalized spacial score (nSPS) is 12.3. The predicted molar refractivity (Wildman–Crippen MR) is 66.3 cm³/mol. The van der Waals surface area contributed by atoms with E-state index in [9.17, 15) is 13.2 Å². The van der Waals surface area contributed by atoms with Crippen molar-refractivity contribution in [1.29, 1.82) is 0 Å².